The van der Waals surface area contributed by atoms with Gasteiger partial charge < -0.3 is 9.26 Å². The van der Waals surface area contributed by atoms with Crippen LogP contribution < -0.4 is 5.56 Å². The number of hydrogen-bond acceptors (Lipinski definition) is 7. The molecule has 0 saturated carbocycles. The zero-order chi connectivity index (χ0) is 19.5. The van der Waals surface area contributed by atoms with Crippen LogP contribution in [0.1, 0.15) is 11.6 Å². The molecular formula is C19H13ClN4O4. The second-order valence-corrected chi connectivity index (χ2v) is 6.34. The number of carbonyl (C=O) groups is 1. The Bertz CT molecular complexity index is 1200. The number of rotatable bonds is 5. The fourth-order valence-electron chi connectivity index (χ4n) is 2.67. The Morgan fingerprint density at radius 2 is 1.86 bits per heavy atom. The van der Waals surface area contributed by atoms with Gasteiger partial charge in [0.1, 0.15) is 0 Å². The fraction of sp³-hybridized carbons (Fsp3) is 0.105. The molecule has 2 heterocycles. The normalized spacial score (nSPS) is 10.9. The molecule has 140 valence electrons. The molecule has 0 fully saturated rings. The maximum Gasteiger partial charge on any atom is 0.312 e. The first-order chi connectivity index (χ1) is 13.6. The van der Waals surface area contributed by atoms with Crippen LogP contribution in [0.15, 0.2) is 57.8 Å². The Balaban J connectivity index is 1.42. The Kier molecular flexibility index (Phi) is 4.86. The quantitative estimate of drug-likeness (QED) is 0.516. The van der Waals surface area contributed by atoms with Gasteiger partial charge in [-0.2, -0.15) is 10.1 Å². The van der Waals surface area contributed by atoms with Gasteiger partial charge in [0.15, 0.2) is 6.61 Å². The highest BCUT2D eigenvalue weighted by Gasteiger charge is 2.14. The number of benzene rings is 2. The standard InChI is InChI=1S/C19H13ClN4O4/c20-12-7-5-11(6-8-12)18-21-16(28-24-18)10-27-17(25)9-15-13-3-1-2-4-14(13)19(26)23-22-15/h1-8H,9-10H2,(H,23,26). The Morgan fingerprint density at radius 3 is 2.64 bits per heavy atom. The molecule has 8 nitrogen and oxygen atoms in total. The number of fused-ring (bicyclic) bond motifs is 1. The van der Waals surface area contributed by atoms with Crippen molar-refractivity contribution in [3.8, 4) is 11.4 Å². The van der Waals surface area contributed by atoms with Crippen molar-refractivity contribution in [2.45, 2.75) is 13.0 Å². The SMILES string of the molecule is O=C(Cc1n[nH]c(=O)c2ccccc12)OCc1nc(-c2ccc(Cl)cc2)no1. The van der Waals surface area contributed by atoms with Crippen LogP contribution in [0.3, 0.4) is 0 Å². The van der Waals surface area contributed by atoms with Gasteiger partial charge in [0.2, 0.25) is 5.82 Å². The first kappa shape index (κ1) is 17.9. The zero-order valence-corrected chi connectivity index (χ0v) is 15.1. The topological polar surface area (TPSA) is 111 Å². The van der Waals surface area contributed by atoms with Crippen LogP contribution in [0, 0.1) is 0 Å². The summed E-state index contributed by atoms with van der Waals surface area (Å²) in [6.07, 6.45) is -0.102. The van der Waals surface area contributed by atoms with Crippen LogP contribution in [0.5, 0.6) is 0 Å². The molecule has 4 rings (SSSR count). The Morgan fingerprint density at radius 1 is 1.11 bits per heavy atom. The highest BCUT2D eigenvalue weighted by molar-refractivity contribution is 6.30. The maximum absolute atomic E-state index is 12.2. The third-order valence-electron chi connectivity index (χ3n) is 4.01. The fourth-order valence-corrected chi connectivity index (χ4v) is 2.79. The van der Waals surface area contributed by atoms with Crippen LogP contribution >= 0.6 is 11.6 Å². The lowest BCUT2D eigenvalue weighted by Gasteiger charge is -2.04. The van der Waals surface area contributed by atoms with E-state index in [-0.39, 0.29) is 24.5 Å². The molecule has 0 unspecified atom stereocenters. The van der Waals surface area contributed by atoms with Gasteiger partial charge in [-0.25, -0.2) is 5.10 Å². The van der Waals surface area contributed by atoms with Crippen molar-refractivity contribution < 1.29 is 14.1 Å². The second-order valence-electron chi connectivity index (χ2n) is 5.90. The van der Waals surface area contributed by atoms with E-state index >= 15 is 0 Å². The van der Waals surface area contributed by atoms with E-state index in [1.54, 1.807) is 48.5 Å². The van der Waals surface area contributed by atoms with Gasteiger partial charge in [-0.3, -0.25) is 9.59 Å². The van der Waals surface area contributed by atoms with Gasteiger partial charge in [0, 0.05) is 16.0 Å². The number of aromatic nitrogens is 4. The third-order valence-corrected chi connectivity index (χ3v) is 4.27. The molecule has 28 heavy (non-hydrogen) atoms. The lowest BCUT2D eigenvalue weighted by molar-refractivity contribution is -0.144. The van der Waals surface area contributed by atoms with Gasteiger partial charge in [-0.15, -0.1) is 0 Å². The van der Waals surface area contributed by atoms with Crippen LogP contribution in [-0.4, -0.2) is 26.3 Å². The van der Waals surface area contributed by atoms with Crippen molar-refractivity contribution in [1.29, 1.82) is 0 Å². The molecule has 0 bridgehead atoms. The van der Waals surface area contributed by atoms with Crippen LogP contribution in [0.25, 0.3) is 22.2 Å². The molecule has 0 saturated heterocycles. The van der Waals surface area contributed by atoms with E-state index in [2.05, 4.69) is 20.3 Å². The molecule has 0 aliphatic carbocycles. The van der Waals surface area contributed by atoms with Crippen LogP contribution in [0.2, 0.25) is 5.02 Å². The first-order valence-electron chi connectivity index (χ1n) is 8.30. The number of hydrogen-bond donors (Lipinski definition) is 1. The van der Waals surface area contributed by atoms with E-state index in [0.717, 1.165) is 5.56 Å². The van der Waals surface area contributed by atoms with E-state index in [1.165, 1.54) is 0 Å². The summed E-state index contributed by atoms with van der Waals surface area (Å²) in [6.45, 7) is -0.166. The van der Waals surface area contributed by atoms with Crippen molar-refractivity contribution in [3.63, 3.8) is 0 Å². The largest absolute Gasteiger partial charge is 0.455 e. The zero-order valence-electron chi connectivity index (χ0n) is 14.4. The Labute approximate surface area is 163 Å². The number of carbonyl (C=O) groups excluding carboxylic acids is 1. The number of nitrogens with zero attached hydrogens (tertiary/aromatic N) is 3. The average Bonchev–Trinajstić information content (AvgIpc) is 3.18. The number of ether oxygens (including phenoxy) is 1. The van der Waals surface area contributed by atoms with Gasteiger partial charge in [-0.05, 0) is 30.3 Å². The third kappa shape index (κ3) is 3.77. The minimum absolute atomic E-state index is 0.102. The summed E-state index contributed by atoms with van der Waals surface area (Å²) in [6, 6.07) is 13.9. The minimum Gasteiger partial charge on any atom is -0.455 e. The summed E-state index contributed by atoms with van der Waals surface area (Å²) in [5.74, 6) is 0.00421. The minimum atomic E-state index is -0.532. The molecule has 0 amide bonds. The van der Waals surface area contributed by atoms with E-state index in [1.807, 2.05) is 0 Å². The average molecular weight is 397 g/mol. The summed E-state index contributed by atoms with van der Waals surface area (Å²) in [5, 5.41) is 11.9. The number of halogens is 1. The van der Waals surface area contributed by atoms with Crippen LogP contribution in [-0.2, 0) is 22.6 Å². The predicted molar refractivity (Wildman–Crippen MR) is 101 cm³/mol. The van der Waals surface area contributed by atoms with E-state index in [0.29, 0.717) is 27.3 Å². The van der Waals surface area contributed by atoms with Crippen molar-refractivity contribution in [3.05, 3.63) is 75.5 Å². The van der Waals surface area contributed by atoms with E-state index in [9.17, 15) is 9.59 Å². The molecule has 0 radical (unpaired) electrons. The van der Waals surface area contributed by atoms with Gasteiger partial charge >= 0.3 is 5.97 Å². The summed E-state index contributed by atoms with van der Waals surface area (Å²) in [5.41, 5.74) is 0.843. The lowest BCUT2D eigenvalue weighted by atomic mass is 10.1. The molecule has 0 atom stereocenters. The van der Waals surface area contributed by atoms with Gasteiger partial charge in [0.25, 0.3) is 11.4 Å². The molecule has 2 aromatic carbocycles. The monoisotopic (exact) mass is 396 g/mol. The smallest absolute Gasteiger partial charge is 0.312 e. The highest BCUT2D eigenvalue weighted by Crippen LogP contribution is 2.19. The molecule has 0 aliphatic heterocycles. The Hall–Kier alpha value is -3.52. The highest BCUT2D eigenvalue weighted by atomic mass is 35.5. The van der Waals surface area contributed by atoms with Gasteiger partial charge in [0.05, 0.1) is 17.5 Å². The predicted octanol–water partition coefficient (Wildman–Crippen LogP) is 2.91. The first-order valence-corrected chi connectivity index (χ1v) is 8.68. The van der Waals surface area contributed by atoms with Crippen molar-refractivity contribution in [2.75, 3.05) is 0 Å². The summed E-state index contributed by atoms with van der Waals surface area (Å²) in [7, 11) is 0. The molecule has 0 spiro atoms. The van der Waals surface area contributed by atoms with E-state index < -0.39 is 5.97 Å². The molecule has 4 aromatic rings. The summed E-state index contributed by atoms with van der Waals surface area (Å²) in [4.78, 5) is 28.2. The van der Waals surface area contributed by atoms with Crippen LogP contribution in [0.4, 0.5) is 0 Å². The second kappa shape index (κ2) is 7.61. The molecule has 1 N–H and O–H groups in total. The van der Waals surface area contributed by atoms with Gasteiger partial charge in [-0.1, -0.05) is 35.0 Å². The number of nitrogens with one attached hydrogen (secondary N) is 1. The molecule has 0 aliphatic rings. The summed E-state index contributed by atoms with van der Waals surface area (Å²) >= 11 is 5.85. The van der Waals surface area contributed by atoms with Crippen molar-refractivity contribution in [2.24, 2.45) is 0 Å². The van der Waals surface area contributed by atoms with Crippen molar-refractivity contribution >= 4 is 28.3 Å². The lowest BCUT2D eigenvalue weighted by Crippen LogP contribution is -2.15. The van der Waals surface area contributed by atoms with E-state index in [4.69, 9.17) is 20.9 Å². The number of aromatic amines is 1. The number of H-pyrrole nitrogens is 1. The maximum atomic E-state index is 12.2. The molecule has 2 aromatic heterocycles. The van der Waals surface area contributed by atoms with Crippen molar-refractivity contribution in [1.82, 2.24) is 20.3 Å². The molecular weight excluding hydrogens is 384 g/mol. The molecule has 9 heteroatoms. The number of esters is 1. The summed E-state index contributed by atoms with van der Waals surface area (Å²) < 4.78 is 10.3.